The number of ether oxygens (including phenoxy) is 1. The van der Waals surface area contributed by atoms with Crippen molar-refractivity contribution in [3.05, 3.63) is 23.9 Å². The number of hydrogen-bond donors (Lipinski definition) is 1. The first-order valence-corrected chi connectivity index (χ1v) is 3.25. The lowest BCUT2D eigenvalue weighted by molar-refractivity contribution is 0.135. The van der Waals surface area contributed by atoms with Gasteiger partial charge in [-0.3, -0.25) is 0 Å². The number of halogens is 2. The molecule has 13 heavy (non-hydrogen) atoms. The molecule has 1 aromatic rings. The van der Waals surface area contributed by atoms with Gasteiger partial charge in [-0.2, -0.15) is 0 Å². The SMILES string of the molecule is O=C(O)Oc1cccc(C(F)F)n1. The van der Waals surface area contributed by atoms with Crippen molar-refractivity contribution < 1.29 is 23.4 Å². The predicted molar refractivity (Wildman–Crippen MR) is 37.8 cm³/mol. The maximum absolute atomic E-state index is 12.0. The summed E-state index contributed by atoms with van der Waals surface area (Å²) in [7, 11) is 0. The van der Waals surface area contributed by atoms with Gasteiger partial charge in [0.05, 0.1) is 0 Å². The average Bonchev–Trinajstić information content (AvgIpc) is 2.03. The first kappa shape index (κ1) is 9.37. The van der Waals surface area contributed by atoms with E-state index in [1.54, 1.807) is 0 Å². The van der Waals surface area contributed by atoms with Gasteiger partial charge < -0.3 is 9.84 Å². The molecule has 0 aromatic carbocycles. The zero-order valence-electron chi connectivity index (χ0n) is 6.28. The maximum atomic E-state index is 12.0. The van der Waals surface area contributed by atoms with Crippen molar-refractivity contribution in [2.75, 3.05) is 0 Å². The Bertz CT molecular complexity index is 316. The van der Waals surface area contributed by atoms with Crippen molar-refractivity contribution in [3.63, 3.8) is 0 Å². The second kappa shape index (κ2) is 3.79. The first-order valence-electron chi connectivity index (χ1n) is 3.25. The molecule has 4 nitrogen and oxygen atoms in total. The van der Waals surface area contributed by atoms with Gasteiger partial charge in [0, 0.05) is 6.07 Å². The summed E-state index contributed by atoms with van der Waals surface area (Å²) < 4.78 is 28.1. The molecule has 0 atom stereocenters. The Labute approximate surface area is 71.8 Å². The van der Waals surface area contributed by atoms with Crippen molar-refractivity contribution in [3.8, 4) is 5.88 Å². The quantitative estimate of drug-likeness (QED) is 0.723. The lowest BCUT2D eigenvalue weighted by Gasteiger charge is -2.01. The smallest absolute Gasteiger partial charge is 0.449 e. The Morgan fingerprint density at radius 2 is 2.23 bits per heavy atom. The topological polar surface area (TPSA) is 59.4 Å². The summed E-state index contributed by atoms with van der Waals surface area (Å²) in [5.74, 6) is -0.356. The van der Waals surface area contributed by atoms with Crippen LogP contribution in [0.3, 0.4) is 0 Å². The van der Waals surface area contributed by atoms with Gasteiger partial charge in [-0.25, -0.2) is 18.6 Å². The number of hydrogen-bond acceptors (Lipinski definition) is 3. The summed E-state index contributed by atoms with van der Waals surface area (Å²) in [5, 5.41) is 8.15. The maximum Gasteiger partial charge on any atom is 0.512 e. The van der Waals surface area contributed by atoms with Crippen LogP contribution in [0.1, 0.15) is 12.1 Å². The number of pyridine rings is 1. The zero-order chi connectivity index (χ0) is 9.84. The van der Waals surface area contributed by atoms with Crippen LogP contribution in [0.5, 0.6) is 5.88 Å². The molecule has 70 valence electrons. The number of nitrogens with zero attached hydrogens (tertiary/aromatic N) is 1. The molecule has 0 saturated heterocycles. The molecule has 6 heteroatoms. The molecule has 1 N–H and O–H groups in total. The van der Waals surface area contributed by atoms with E-state index in [2.05, 4.69) is 9.72 Å². The third-order valence-corrected chi connectivity index (χ3v) is 1.16. The van der Waals surface area contributed by atoms with Gasteiger partial charge in [0.15, 0.2) is 0 Å². The molecule has 0 aliphatic rings. The summed E-state index contributed by atoms with van der Waals surface area (Å²) in [6.07, 6.45) is -4.32. The highest BCUT2D eigenvalue weighted by Gasteiger charge is 2.10. The number of rotatable bonds is 2. The van der Waals surface area contributed by atoms with Gasteiger partial charge in [-0.15, -0.1) is 0 Å². The standard InChI is InChI=1S/C7H5F2NO3/c8-6(9)4-2-1-3-5(10-4)13-7(11)12/h1-3,6H,(H,11,12). The predicted octanol–water partition coefficient (Wildman–Crippen LogP) is 2.08. The monoisotopic (exact) mass is 189 g/mol. The zero-order valence-corrected chi connectivity index (χ0v) is 6.28. The van der Waals surface area contributed by atoms with Gasteiger partial charge in [0.1, 0.15) is 5.69 Å². The van der Waals surface area contributed by atoms with E-state index in [4.69, 9.17) is 5.11 Å². The largest absolute Gasteiger partial charge is 0.512 e. The molecule has 0 amide bonds. The van der Waals surface area contributed by atoms with E-state index >= 15 is 0 Å². The fourth-order valence-electron chi connectivity index (χ4n) is 0.699. The van der Waals surface area contributed by atoms with Crippen molar-refractivity contribution in [2.24, 2.45) is 0 Å². The fourth-order valence-corrected chi connectivity index (χ4v) is 0.699. The van der Waals surface area contributed by atoms with Gasteiger partial charge >= 0.3 is 6.16 Å². The van der Waals surface area contributed by atoms with E-state index < -0.39 is 18.3 Å². The van der Waals surface area contributed by atoms with Gasteiger partial charge in [0.25, 0.3) is 6.43 Å². The Balaban J connectivity index is 2.85. The van der Waals surface area contributed by atoms with Crippen LogP contribution in [0.25, 0.3) is 0 Å². The van der Waals surface area contributed by atoms with E-state index in [-0.39, 0.29) is 5.88 Å². The van der Waals surface area contributed by atoms with Crippen molar-refractivity contribution in [2.45, 2.75) is 6.43 Å². The van der Waals surface area contributed by atoms with Crippen LogP contribution in [0.4, 0.5) is 13.6 Å². The van der Waals surface area contributed by atoms with Crippen molar-refractivity contribution >= 4 is 6.16 Å². The first-order chi connectivity index (χ1) is 6.09. The molecule has 0 saturated carbocycles. The van der Waals surface area contributed by atoms with Gasteiger partial charge in [-0.05, 0) is 6.07 Å². The Morgan fingerprint density at radius 3 is 2.77 bits per heavy atom. The molecule has 1 rings (SSSR count). The van der Waals surface area contributed by atoms with E-state index in [0.29, 0.717) is 0 Å². The molecule has 0 aliphatic carbocycles. The summed E-state index contributed by atoms with van der Waals surface area (Å²) in [6, 6.07) is 3.51. The third-order valence-electron chi connectivity index (χ3n) is 1.16. The normalized spacial score (nSPS) is 10.1. The van der Waals surface area contributed by atoms with E-state index in [9.17, 15) is 13.6 Å². The molecule has 1 heterocycles. The van der Waals surface area contributed by atoms with Crippen LogP contribution in [0.2, 0.25) is 0 Å². The van der Waals surface area contributed by atoms with Gasteiger partial charge in [0.2, 0.25) is 5.88 Å². The molecular weight excluding hydrogens is 184 g/mol. The van der Waals surface area contributed by atoms with Crippen LogP contribution in [-0.4, -0.2) is 16.2 Å². The highest BCUT2D eigenvalue weighted by molar-refractivity contribution is 5.60. The Morgan fingerprint density at radius 1 is 1.54 bits per heavy atom. The van der Waals surface area contributed by atoms with E-state index in [1.165, 1.54) is 12.1 Å². The van der Waals surface area contributed by atoms with Crippen molar-refractivity contribution in [1.82, 2.24) is 4.98 Å². The summed E-state index contributed by atoms with van der Waals surface area (Å²) in [4.78, 5) is 13.3. The summed E-state index contributed by atoms with van der Waals surface area (Å²) in [5.41, 5.74) is -0.515. The van der Waals surface area contributed by atoms with Crippen LogP contribution in [-0.2, 0) is 0 Å². The minimum Gasteiger partial charge on any atom is -0.449 e. The third kappa shape index (κ3) is 2.66. The summed E-state index contributed by atoms with van der Waals surface area (Å²) in [6.45, 7) is 0. The Hall–Kier alpha value is -1.72. The molecule has 0 bridgehead atoms. The lowest BCUT2D eigenvalue weighted by atomic mass is 10.3. The van der Waals surface area contributed by atoms with Crippen LogP contribution in [0.15, 0.2) is 18.2 Å². The number of aromatic nitrogens is 1. The molecule has 1 aromatic heterocycles. The van der Waals surface area contributed by atoms with Crippen molar-refractivity contribution in [1.29, 1.82) is 0 Å². The van der Waals surface area contributed by atoms with Crippen LogP contribution >= 0.6 is 0 Å². The average molecular weight is 189 g/mol. The highest BCUT2D eigenvalue weighted by Crippen LogP contribution is 2.18. The summed E-state index contributed by atoms with van der Waals surface area (Å²) >= 11 is 0. The number of carboxylic acid groups (broad SMARTS) is 1. The second-order valence-corrected chi connectivity index (χ2v) is 2.07. The second-order valence-electron chi connectivity index (χ2n) is 2.07. The lowest BCUT2D eigenvalue weighted by Crippen LogP contribution is -2.05. The van der Waals surface area contributed by atoms with Crippen LogP contribution < -0.4 is 4.74 Å². The van der Waals surface area contributed by atoms with E-state index in [1.807, 2.05) is 0 Å². The van der Waals surface area contributed by atoms with Crippen LogP contribution in [0, 0.1) is 0 Å². The molecule has 0 fully saturated rings. The molecular formula is C7H5F2NO3. The molecule has 0 radical (unpaired) electrons. The number of alkyl halides is 2. The molecule has 0 aliphatic heterocycles. The minimum atomic E-state index is -2.74. The fraction of sp³-hybridized carbons (Fsp3) is 0.143. The Kier molecular flexibility index (Phi) is 2.73. The minimum absolute atomic E-state index is 0.356. The van der Waals surface area contributed by atoms with E-state index in [0.717, 1.165) is 6.07 Å². The van der Waals surface area contributed by atoms with Gasteiger partial charge in [-0.1, -0.05) is 6.07 Å². The highest BCUT2D eigenvalue weighted by atomic mass is 19.3. The molecule has 0 unspecified atom stereocenters. The number of carbonyl (C=O) groups is 1. The molecule has 0 spiro atoms.